The molecule has 0 aliphatic heterocycles. The van der Waals surface area contributed by atoms with Gasteiger partial charge in [0.05, 0.1) is 17.3 Å². The van der Waals surface area contributed by atoms with E-state index in [1.807, 2.05) is 13.8 Å². The minimum Gasteiger partial charge on any atom is -0.480 e. The van der Waals surface area contributed by atoms with Crippen molar-refractivity contribution in [2.75, 3.05) is 19.5 Å². The van der Waals surface area contributed by atoms with Crippen molar-refractivity contribution in [3.63, 3.8) is 0 Å². The van der Waals surface area contributed by atoms with Crippen molar-refractivity contribution in [1.29, 1.82) is 0 Å². The first-order chi connectivity index (χ1) is 11.2. The first-order valence-corrected chi connectivity index (χ1v) is 9.18. The second-order valence-electron chi connectivity index (χ2n) is 5.83. The lowest BCUT2D eigenvalue weighted by Gasteiger charge is -2.16. The monoisotopic (exact) mass is 357 g/mol. The summed E-state index contributed by atoms with van der Waals surface area (Å²) in [6.07, 6.45) is 0.310. The fraction of sp³-hybridized carbons (Fsp3) is 0.500. The van der Waals surface area contributed by atoms with Gasteiger partial charge in [-0.15, -0.1) is 0 Å². The summed E-state index contributed by atoms with van der Waals surface area (Å²) in [4.78, 5) is 23.4. The molecule has 7 nitrogen and oxygen atoms in total. The van der Waals surface area contributed by atoms with Gasteiger partial charge in [0.1, 0.15) is 6.04 Å². The van der Waals surface area contributed by atoms with E-state index in [2.05, 4.69) is 5.32 Å². The number of amides is 1. The molecule has 1 amide bonds. The zero-order valence-corrected chi connectivity index (χ0v) is 14.8. The number of methoxy groups -OCH3 is 1. The van der Waals surface area contributed by atoms with Crippen molar-refractivity contribution in [1.82, 2.24) is 5.32 Å². The van der Waals surface area contributed by atoms with Crippen LogP contribution >= 0.6 is 0 Å². The number of carbonyl (C=O) groups excluding carboxylic acids is 1. The summed E-state index contributed by atoms with van der Waals surface area (Å²) in [5.41, 5.74) is 0.204. The molecule has 2 N–H and O–H groups in total. The Balaban J connectivity index is 2.84. The Morgan fingerprint density at radius 3 is 2.25 bits per heavy atom. The molecule has 0 spiro atoms. The highest BCUT2D eigenvalue weighted by Gasteiger charge is 2.22. The van der Waals surface area contributed by atoms with Gasteiger partial charge in [-0.05, 0) is 36.6 Å². The molecule has 1 aromatic rings. The van der Waals surface area contributed by atoms with Gasteiger partial charge in [0.2, 0.25) is 0 Å². The van der Waals surface area contributed by atoms with Gasteiger partial charge in [-0.2, -0.15) is 0 Å². The van der Waals surface area contributed by atoms with E-state index in [0.29, 0.717) is 6.42 Å². The average molecular weight is 357 g/mol. The number of carboxylic acids is 1. The molecule has 1 rings (SSSR count). The van der Waals surface area contributed by atoms with Gasteiger partial charge >= 0.3 is 5.97 Å². The van der Waals surface area contributed by atoms with E-state index in [1.165, 1.54) is 31.4 Å². The first kappa shape index (κ1) is 20.1. The smallest absolute Gasteiger partial charge is 0.326 e. The molecule has 0 aliphatic rings. The number of sulfone groups is 1. The van der Waals surface area contributed by atoms with Gasteiger partial charge in [-0.1, -0.05) is 13.8 Å². The Bertz CT molecular complexity index is 666. The first-order valence-electron chi connectivity index (χ1n) is 7.52. The minimum absolute atomic E-state index is 0.0834. The summed E-state index contributed by atoms with van der Waals surface area (Å²) < 4.78 is 28.8. The standard InChI is InChI=1S/C16H23NO6S/c1-11(2)10-14(16(19)20)17-15(18)12-4-6-13(7-5-12)24(21,22)9-8-23-3/h4-7,11,14H,8-10H2,1-3H3,(H,17,18)(H,19,20)/t14-/m1/s1. The number of rotatable bonds is 9. The maximum absolute atomic E-state index is 12.1. The quantitative estimate of drug-likeness (QED) is 0.690. The minimum atomic E-state index is -3.47. The molecule has 0 saturated heterocycles. The van der Waals surface area contributed by atoms with E-state index in [1.54, 1.807) is 0 Å². The molecule has 8 heteroatoms. The highest BCUT2D eigenvalue weighted by atomic mass is 32.2. The zero-order chi connectivity index (χ0) is 18.3. The van der Waals surface area contributed by atoms with Gasteiger partial charge in [-0.3, -0.25) is 4.79 Å². The van der Waals surface area contributed by atoms with E-state index in [9.17, 15) is 18.0 Å². The summed E-state index contributed by atoms with van der Waals surface area (Å²) in [5.74, 6) is -1.69. The predicted molar refractivity (Wildman–Crippen MR) is 88.7 cm³/mol. The van der Waals surface area contributed by atoms with Crippen molar-refractivity contribution in [3.05, 3.63) is 29.8 Å². The number of nitrogens with one attached hydrogen (secondary N) is 1. The lowest BCUT2D eigenvalue weighted by molar-refractivity contribution is -0.139. The Morgan fingerprint density at radius 1 is 1.21 bits per heavy atom. The van der Waals surface area contributed by atoms with Crippen LogP contribution in [0.15, 0.2) is 29.2 Å². The van der Waals surface area contributed by atoms with Crippen LogP contribution in [0.5, 0.6) is 0 Å². The Labute approximate surface area is 141 Å². The van der Waals surface area contributed by atoms with Gasteiger partial charge in [-0.25, -0.2) is 13.2 Å². The van der Waals surface area contributed by atoms with E-state index in [0.717, 1.165) is 0 Å². The van der Waals surface area contributed by atoms with Crippen molar-refractivity contribution >= 4 is 21.7 Å². The second-order valence-corrected chi connectivity index (χ2v) is 7.94. The largest absolute Gasteiger partial charge is 0.480 e. The fourth-order valence-electron chi connectivity index (χ4n) is 2.06. The molecule has 1 aromatic carbocycles. The molecular formula is C16H23NO6S. The SMILES string of the molecule is COCCS(=O)(=O)c1ccc(C(=O)N[C@H](CC(C)C)C(=O)O)cc1. The van der Waals surface area contributed by atoms with Gasteiger partial charge in [0.25, 0.3) is 5.91 Å². The number of benzene rings is 1. The summed E-state index contributed by atoms with van der Waals surface area (Å²) in [5, 5.41) is 11.6. The normalized spacial score (nSPS) is 12.8. The lowest BCUT2D eigenvalue weighted by Crippen LogP contribution is -2.41. The third-order valence-electron chi connectivity index (χ3n) is 3.34. The number of ether oxygens (including phenoxy) is 1. The molecule has 0 aromatic heterocycles. The Kier molecular flexibility index (Phi) is 7.37. The summed E-state index contributed by atoms with van der Waals surface area (Å²) in [6, 6.07) is 4.41. The summed E-state index contributed by atoms with van der Waals surface area (Å²) in [6.45, 7) is 3.81. The number of carboxylic acid groups (broad SMARTS) is 1. The fourth-order valence-corrected chi connectivity index (χ4v) is 3.23. The van der Waals surface area contributed by atoms with Crippen LogP contribution in [0.1, 0.15) is 30.6 Å². The second kappa shape index (κ2) is 8.79. The zero-order valence-electron chi connectivity index (χ0n) is 14.0. The molecule has 0 saturated carbocycles. The van der Waals surface area contributed by atoms with Crippen LogP contribution in [0.4, 0.5) is 0 Å². The van der Waals surface area contributed by atoms with E-state index >= 15 is 0 Å². The number of hydrogen-bond donors (Lipinski definition) is 2. The van der Waals surface area contributed by atoms with E-state index < -0.39 is 27.8 Å². The molecule has 1 atom stereocenters. The van der Waals surface area contributed by atoms with Crippen LogP contribution in [0.3, 0.4) is 0 Å². The van der Waals surface area contributed by atoms with Gasteiger partial charge < -0.3 is 15.2 Å². The van der Waals surface area contributed by atoms with Crippen LogP contribution in [0.2, 0.25) is 0 Å². The van der Waals surface area contributed by atoms with E-state index in [-0.39, 0.29) is 28.7 Å². The lowest BCUT2D eigenvalue weighted by atomic mass is 10.0. The molecular weight excluding hydrogens is 334 g/mol. The molecule has 0 unspecified atom stereocenters. The van der Waals surface area contributed by atoms with Crippen molar-refractivity contribution < 1.29 is 27.9 Å². The molecule has 0 bridgehead atoms. The molecule has 0 heterocycles. The molecule has 0 fully saturated rings. The highest BCUT2D eigenvalue weighted by molar-refractivity contribution is 7.91. The Hall–Kier alpha value is -1.93. The van der Waals surface area contributed by atoms with Crippen LogP contribution in [0.25, 0.3) is 0 Å². The maximum atomic E-state index is 12.1. The van der Waals surface area contributed by atoms with Crippen LogP contribution < -0.4 is 5.32 Å². The van der Waals surface area contributed by atoms with Crippen LogP contribution in [0, 0.1) is 5.92 Å². The highest BCUT2D eigenvalue weighted by Crippen LogP contribution is 2.13. The third kappa shape index (κ3) is 5.93. The van der Waals surface area contributed by atoms with Crippen LogP contribution in [-0.4, -0.2) is 50.9 Å². The number of hydrogen-bond acceptors (Lipinski definition) is 5. The summed E-state index contributed by atoms with van der Waals surface area (Å²) in [7, 11) is -2.05. The summed E-state index contributed by atoms with van der Waals surface area (Å²) >= 11 is 0. The van der Waals surface area contributed by atoms with Gasteiger partial charge in [0, 0.05) is 12.7 Å². The molecule has 134 valence electrons. The number of carbonyl (C=O) groups is 2. The van der Waals surface area contributed by atoms with Crippen molar-refractivity contribution in [2.24, 2.45) is 5.92 Å². The Morgan fingerprint density at radius 2 is 1.79 bits per heavy atom. The third-order valence-corrected chi connectivity index (χ3v) is 5.04. The van der Waals surface area contributed by atoms with Gasteiger partial charge in [0.15, 0.2) is 9.84 Å². The predicted octanol–water partition coefficient (Wildman–Crippen LogP) is 1.34. The van der Waals surface area contributed by atoms with Crippen LogP contribution in [-0.2, 0) is 19.4 Å². The van der Waals surface area contributed by atoms with E-state index in [4.69, 9.17) is 9.84 Å². The number of aliphatic carboxylic acids is 1. The maximum Gasteiger partial charge on any atom is 0.326 e. The van der Waals surface area contributed by atoms with Crippen molar-refractivity contribution in [2.45, 2.75) is 31.2 Å². The molecule has 0 aliphatic carbocycles. The average Bonchev–Trinajstić information content (AvgIpc) is 2.52. The molecule has 24 heavy (non-hydrogen) atoms. The van der Waals surface area contributed by atoms with Crippen molar-refractivity contribution in [3.8, 4) is 0 Å². The molecule has 0 radical (unpaired) electrons. The topological polar surface area (TPSA) is 110 Å².